The minimum atomic E-state index is -0.339. The number of nitrogens with one attached hydrogen (secondary N) is 1. The number of Topliss-reactive ketones (excluding diaryl/α,β-unsaturated/α-hetero) is 1. The Kier molecular flexibility index (Phi) is 4.06. The molecule has 0 radical (unpaired) electrons. The number of para-hydroxylation sites is 1. The zero-order chi connectivity index (χ0) is 15.5. The van der Waals surface area contributed by atoms with E-state index in [2.05, 4.69) is 10.3 Å². The van der Waals surface area contributed by atoms with Crippen LogP contribution in [0.3, 0.4) is 0 Å². The monoisotopic (exact) mass is 312 g/mol. The largest absolute Gasteiger partial charge is 0.494 e. The Morgan fingerprint density at radius 3 is 2.68 bits per heavy atom. The molecule has 1 N–H and O–H groups in total. The van der Waals surface area contributed by atoms with Crippen molar-refractivity contribution in [3.05, 3.63) is 54.1 Å². The van der Waals surface area contributed by atoms with Gasteiger partial charge in [0.2, 0.25) is 0 Å². The van der Waals surface area contributed by atoms with Crippen LogP contribution in [0.1, 0.15) is 17.3 Å². The molecule has 0 spiro atoms. The molecule has 0 bridgehead atoms. The van der Waals surface area contributed by atoms with Gasteiger partial charge in [-0.1, -0.05) is 47.7 Å². The quantitative estimate of drug-likeness (QED) is 0.724. The number of carbonyl (C=O) groups excluding carboxylic acids is 1. The molecule has 3 rings (SSSR count). The first kappa shape index (κ1) is 14.5. The van der Waals surface area contributed by atoms with Crippen molar-refractivity contribution in [3.63, 3.8) is 0 Å². The van der Waals surface area contributed by atoms with Gasteiger partial charge < -0.3 is 10.1 Å². The number of hydrogen-bond acceptors (Lipinski definition) is 5. The van der Waals surface area contributed by atoms with Gasteiger partial charge in [0.05, 0.1) is 17.9 Å². The summed E-state index contributed by atoms with van der Waals surface area (Å²) in [6.07, 6.45) is 0. The molecular formula is C17H16N2O2S. The van der Waals surface area contributed by atoms with E-state index in [1.54, 1.807) is 7.11 Å². The first-order valence-electron chi connectivity index (χ1n) is 6.98. The fourth-order valence-electron chi connectivity index (χ4n) is 2.25. The molecule has 5 heteroatoms. The highest BCUT2D eigenvalue weighted by atomic mass is 32.1. The van der Waals surface area contributed by atoms with Crippen LogP contribution in [0, 0.1) is 0 Å². The number of ether oxygens (including phenoxy) is 1. The molecule has 4 nitrogen and oxygen atoms in total. The van der Waals surface area contributed by atoms with Crippen LogP contribution in [-0.4, -0.2) is 23.9 Å². The van der Waals surface area contributed by atoms with Gasteiger partial charge in [-0.15, -0.1) is 0 Å². The third-order valence-electron chi connectivity index (χ3n) is 3.39. The lowest BCUT2D eigenvalue weighted by Crippen LogP contribution is -2.26. The molecular weight excluding hydrogens is 296 g/mol. The zero-order valence-corrected chi connectivity index (χ0v) is 13.2. The summed E-state index contributed by atoms with van der Waals surface area (Å²) >= 11 is 1.51. The molecule has 3 aromatic rings. The van der Waals surface area contributed by atoms with Crippen LogP contribution < -0.4 is 10.1 Å². The van der Waals surface area contributed by atoms with Crippen molar-refractivity contribution in [2.75, 3.05) is 12.4 Å². The molecule has 0 aliphatic carbocycles. The van der Waals surface area contributed by atoms with Gasteiger partial charge in [-0.3, -0.25) is 4.79 Å². The number of aromatic nitrogens is 1. The summed E-state index contributed by atoms with van der Waals surface area (Å²) < 4.78 is 6.34. The van der Waals surface area contributed by atoms with E-state index in [0.29, 0.717) is 5.56 Å². The predicted molar refractivity (Wildman–Crippen MR) is 90.0 cm³/mol. The minimum absolute atomic E-state index is 0.0480. The number of carbonyl (C=O) groups is 1. The third kappa shape index (κ3) is 2.80. The molecule has 0 saturated heterocycles. The fraction of sp³-hybridized carbons (Fsp3) is 0.176. The molecule has 0 fully saturated rings. The van der Waals surface area contributed by atoms with E-state index in [-0.39, 0.29) is 11.8 Å². The molecule has 2 aromatic carbocycles. The average molecular weight is 312 g/mol. The van der Waals surface area contributed by atoms with Crippen molar-refractivity contribution >= 4 is 32.5 Å². The van der Waals surface area contributed by atoms with Gasteiger partial charge >= 0.3 is 0 Å². The van der Waals surface area contributed by atoms with E-state index >= 15 is 0 Å². The Bertz CT molecular complexity index is 799. The first-order chi connectivity index (χ1) is 10.7. The Morgan fingerprint density at radius 2 is 1.95 bits per heavy atom. The summed E-state index contributed by atoms with van der Waals surface area (Å²) in [7, 11) is 1.63. The van der Waals surface area contributed by atoms with Crippen molar-refractivity contribution in [1.29, 1.82) is 0 Å². The lowest BCUT2D eigenvalue weighted by atomic mass is 10.1. The van der Waals surface area contributed by atoms with Crippen LogP contribution in [-0.2, 0) is 0 Å². The Balaban J connectivity index is 1.82. The Morgan fingerprint density at radius 1 is 1.18 bits per heavy atom. The molecule has 1 atom stereocenters. The number of hydrogen-bond donors (Lipinski definition) is 1. The van der Waals surface area contributed by atoms with E-state index in [0.717, 1.165) is 21.1 Å². The maximum Gasteiger partial charge on any atom is 0.184 e. The van der Waals surface area contributed by atoms with Crippen molar-refractivity contribution < 1.29 is 9.53 Å². The van der Waals surface area contributed by atoms with Gasteiger partial charge in [0.1, 0.15) is 11.3 Å². The van der Waals surface area contributed by atoms with Gasteiger partial charge in [0, 0.05) is 5.56 Å². The number of nitrogens with zero attached hydrogens (tertiary/aromatic N) is 1. The molecule has 22 heavy (non-hydrogen) atoms. The second-order valence-corrected chi connectivity index (χ2v) is 5.95. The average Bonchev–Trinajstić information content (AvgIpc) is 2.97. The number of thiazole rings is 1. The molecule has 0 aliphatic rings. The Hall–Kier alpha value is -2.40. The highest BCUT2D eigenvalue weighted by Crippen LogP contribution is 2.32. The topological polar surface area (TPSA) is 51.2 Å². The molecule has 1 aromatic heterocycles. The standard InChI is InChI=1S/C17H16N2O2S/c1-11(16(20)12-7-4-3-5-8-12)18-17-19-15-13(21-2)9-6-10-14(15)22-17/h3-11H,1-2H3,(H,18,19). The summed E-state index contributed by atoms with van der Waals surface area (Å²) in [4.78, 5) is 16.9. The molecule has 1 unspecified atom stereocenters. The summed E-state index contributed by atoms with van der Waals surface area (Å²) in [6.45, 7) is 1.85. The van der Waals surface area contributed by atoms with Crippen LogP contribution in [0.2, 0.25) is 0 Å². The highest BCUT2D eigenvalue weighted by molar-refractivity contribution is 7.22. The predicted octanol–water partition coefficient (Wildman–Crippen LogP) is 3.99. The van der Waals surface area contributed by atoms with E-state index in [1.165, 1.54) is 11.3 Å². The van der Waals surface area contributed by atoms with Crippen molar-refractivity contribution in [2.24, 2.45) is 0 Å². The summed E-state index contributed by atoms with van der Waals surface area (Å²) in [5.74, 6) is 0.788. The number of ketones is 1. The van der Waals surface area contributed by atoms with Crippen LogP contribution in [0.4, 0.5) is 5.13 Å². The van der Waals surface area contributed by atoms with E-state index < -0.39 is 0 Å². The van der Waals surface area contributed by atoms with Gasteiger partial charge in [-0.25, -0.2) is 4.98 Å². The highest BCUT2D eigenvalue weighted by Gasteiger charge is 2.17. The normalized spacial score (nSPS) is 12.1. The summed E-state index contributed by atoms with van der Waals surface area (Å²) in [6, 6.07) is 14.7. The second-order valence-electron chi connectivity index (χ2n) is 4.92. The van der Waals surface area contributed by atoms with E-state index in [4.69, 9.17) is 4.74 Å². The van der Waals surface area contributed by atoms with Gasteiger partial charge in [-0.2, -0.15) is 0 Å². The fourth-order valence-corrected chi connectivity index (χ4v) is 3.22. The van der Waals surface area contributed by atoms with Crippen LogP contribution in [0.25, 0.3) is 10.2 Å². The maximum absolute atomic E-state index is 12.4. The third-order valence-corrected chi connectivity index (χ3v) is 4.35. The van der Waals surface area contributed by atoms with Crippen molar-refractivity contribution in [1.82, 2.24) is 4.98 Å². The van der Waals surface area contributed by atoms with Crippen molar-refractivity contribution in [2.45, 2.75) is 13.0 Å². The zero-order valence-electron chi connectivity index (χ0n) is 12.4. The summed E-state index contributed by atoms with van der Waals surface area (Å²) in [5, 5.41) is 3.90. The van der Waals surface area contributed by atoms with Crippen LogP contribution >= 0.6 is 11.3 Å². The molecule has 0 aliphatic heterocycles. The summed E-state index contributed by atoms with van der Waals surface area (Å²) in [5.41, 5.74) is 1.51. The van der Waals surface area contributed by atoms with Crippen LogP contribution in [0.5, 0.6) is 5.75 Å². The second kappa shape index (κ2) is 6.15. The lowest BCUT2D eigenvalue weighted by Gasteiger charge is -2.11. The number of benzene rings is 2. The molecule has 0 amide bonds. The number of rotatable bonds is 5. The van der Waals surface area contributed by atoms with Gasteiger partial charge in [0.15, 0.2) is 10.9 Å². The minimum Gasteiger partial charge on any atom is -0.494 e. The number of fused-ring (bicyclic) bond motifs is 1. The molecule has 0 saturated carbocycles. The number of methoxy groups -OCH3 is 1. The Labute approximate surface area is 132 Å². The maximum atomic E-state index is 12.4. The lowest BCUT2D eigenvalue weighted by molar-refractivity contribution is 0.0975. The first-order valence-corrected chi connectivity index (χ1v) is 7.80. The SMILES string of the molecule is COc1cccc2sc(NC(C)C(=O)c3ccccc3)nc12. The molecule has 1 heterocycles. The van der Waals surface area contributed by atoms with Crippen LogP contribution in [0.15, 0.2) is 48.5 Å². The smallest absolute Gasteiger partial charge is 0.184 e. The van der Waals surface area contributed by atoms with E-state index in [1.807, 2.05) is 55.5 Å². The van der Waals surface area contributed by atoms with E-state index in [9.17, 15) is 4.79 Å². The van der Waals surface area contributed by atoms with Gasteiger partial charge in [0.25, 0.3) is 0 Å². The van der Waals surface area contributed by atoms with Crippen molar-refractivity contribution in [3.8, 4) is 5.75 Å². The van der Waals surface area contributed by atoms with Gasteiger partial charge in [-0.05, 0) is 19.1 Å². The molecule has 112 valence electrons. The number of anilines is 1.